The Balaban J connectivity index is 1.96. The number of hydrogen-bond acceptors (Lipinski definition) is 4. The van der Waals surface area contributed by atoms with Crippen LogP contribution in [-0.4, -0.2) is 20.6 Å². The predicted octanol–water partition coefficient (Wildman–Crippen LogP) is 4.85. The Kier molecular flexibility index (Phi) is 3.44. The lowest BCUT2D eigenvalue weighted by Crippen LogP contribution is -1.87. The maximum Gasteiger partial charge on any atom is 0.194 e. The van der Waals surface area contributed by atoms with E-state index in [0.29, 0.717) is 0 Å². The Morgan fingerprint density at radius 2 is 1.73 bits per heavy atom. The van der Waals surface area contributed by atoms with Gasteiger partial charge in [-0.25, -0.2) is 4.98 Å². The fourth-order valence-corrected chi connectivity index (χ4v) is 4.02. The molecule has 0 radical (unpaired) electrons. The minimum Gasteiger partial charge on any atom is -0.290 e. The lowest BCUT2D eigenvalue weighted by molar-refractivity contribution is 1.23. The van der Waals surface area contributed by atoms with E-state index in [0.717, 1.165) is 4.96 Å². The van der Waals surface area contributed by atoms with Gasteiger partial charge in [0.1, 0.15) is 0 Å². The molecule has 0 N–H and O–H groups in total. The van der Waals surface area contributed by atoms with Crippen molar-refractivity contribution in [1.29, 1.82) is 0 Å². The predicted molar refractivity (Wildman–Crippen MR) is 93.5 cm³/mol. The number of fused-ring (bicyclic) bond motifs is 1. The fourth-order valence-electron chi connectivity index (χ4n) is 2.50. The number of aromatic nitrogens is 3. The van der Waals surface area contributed by atoms with Crippen molar-refractivity contribution in [2.75, 3.05) is 6.26 Å². The SMILES string of the molecule is CSc1ccc(-c2c(-c3ccncc3)sc3nccn23)cc1. The highest BCUT2D eigenvalue weighted by molar-refractivity contribution is 7.98. The van der Waals surface area contributed by atoms with Crippen LogP contribution in [0.4, 0.5) is 0 Å². The molecule has 0 saturated heterocycles. The standard InChI is InChI=1S/C17H13N3S2/c1-21-14-4-2-12(3-5-14)15-16(13-6-8-18-9-7-13)22-17-19-10-11-20(15)17/h2-11H,1H3. The number of hydrogen-bond donors (Lipinski definition) is 0. The van der Waals surface area contributed by atoms with Gasteiger partial charge in [0.25, 0.3) is 0 Å². The van der Waals surface area contributed by atoms with Crippen molar-refractivity contribution < 1.29 is 0 Å². The molecule has 0 unspecified atom stereocenters. The summed E-state index contributed by atoms with van der Waals surface area (Å²) < 4.78 is 2.16. The Labute approximate surface area is 136 Å². The molecule has 22 heavy (non-hydrogen) atoms. The highest BCUT2D eigenvalue weighted by Crippen LogP contribution is 2.39. The van der Waals surface area contributed by atoms with E-state index in [1.54, 1.807) is 23.1 Å². The normalized spacial score (nSPS) is 11.1. The van der Waals surface area contributed by atoms with Gasteiger partial charge in [-0.1, -0.05) is 23.5 Å². The zero-order valence-corrected chi connectivity index (χ0v) is 13.6. The summed E-state index contributed by atoms with van der Waals surface area (Å²) in [6.45, 7) is 0. The maximum absolute atomic E-state index is 4.45. The average molecular weight is 323 g/mol. The third-order valence-corrected chi connectivity index (χ3v) is 5.42. The van der Waals surface area contributed by atoms with E-state index in [4.69, 9.17) is 0 Å². The highest BCUT2D eigenvalue weighted by Gasteiger charge is 2.16. The second-order valence-electron chi connectivity index (χ2n) is 4.82. The summed E-state index contributed by atoms with van der Waals surface area (Å²) in [4.78, 5) is 12.1. The molecule has 0 amide bonds. The maximum atomic E-state index is 4.45. The summed E-state index contributed by atoms with van der Waals surface area (Å²) in [7, 11) is 0. The van der Waals surface area contributed by atoms with Crippen LogP contribution in [-0.2, 0) is 0 Å². The molecule has 5 heteroatoms. The van der Waals surface area contributed by atoms with Gasteiger partial charge in [0.15, 0.2) is 4.96 Å². The Bertz CT molecular complexity index is 908. The van der Waals surface area contributed by atoms with E-state index in [2.05, 4.69) is 44.9 Å². The molecule has 0 fully saturated rings. The number of benzene rings is 1. The van der Waals surface area contributed by atoms with Gasteiger partial charge in [-0.15, -0.1) is 11.8 Å². The molecule has 4 aromatic rings. The molecule has 0 bridgehead atoms. The lowest BCUT2D eigenvalue weighted by atomic mass is 10.1. The van der Waals surface area contributed by atoms with E-state index < -0.39 is 0 Å². The summed E-state index contributed by atoms with van der Waals surface area (Å²) in [6.07, 6.45) is 9.63. The van der Waals surface area contributed by atoms with Crippen molar-refractivity contribution in [2.24, 2.45) is 0 Å². The minimum absolute atomic E-state index is 1.01. The summed E-state index contributed by atoms with van der Waals surface area (Å²) in [5.74, 6) is 0. The van der Waals surface area contributed by atoms with E-state index in [1.807, 2.05) is 36.9 Å². The molecule has 0 spiro atoms. The lowest BCUT2D eigenvalue weighted by Gasteiger charge is -2.06. The van der Waals surface area contributed by atoms with Crippen LogP contribution in [0, 0.1) is 0 Å². The minimum atomic E-state index is 1.01. The van der Waals surface area contributed by atoms with Gasteiger partial charge in [0.2, 0.25) is 0 Å². The fraction of sp³-hybridized carbons (Fsp3) is 0.0588. The Hall–Kier alpha value is -2.11. The van der Waals surface area contributed by atoms with Crippen LogP contribution in [0.15, 0.2) is 66.1 Å². The molecule has 0 aliphatic carbocycles. The number of nitrogens with zero attached hydrogens (tertiary/aromatic N) is 3. The molecule has 3 heterocycles. The van der Waals surface area contributed by atoms with Gasteiger partial charge in [0, 0.05) is 35.2 Å². The van der Waals surface area contributed by atoms with E-state index >= 15 is 0 Å². The summed E-state index contributed by atoms with van der Waals surface area (Å²) in [5, 5.41) is 0. The van der Waals surface area contributed by atoms with Crippen LogP contribution < -0.4 is 0 Å². The summed E-state index contributed by atoms with van der Waals surface area (Å²) >= 11 is 3.46. The second kappa shape index (κ2) is 5.59. The smallest absolute Gasteiger partial charge is 0.194 e. The van der Waals surface area contributed by atoms with Crippen LogP contribution in [0.25, 0.3) is 26.7 Å². The van der Waals surface area contributed by atoms with Crippen molar-refractivity contribution in [3.05, 3.63) is 61.2 Å². The molecule has 3 nitrogen and oxygen atoms in total. The van der Waals surface area contributed by atoms with E-state index in [-0.39, 0.29) is 0 Å². The first-order valence-electron chi connectivity index (χ1n) is 6.87. The Morgan fingerprint density at radius 1 is 0.955 bits per heavy atom. The third kappa shape index (κ3) is 2.23. The second-order valence-corrected chi connectivity index (χ2v) is 6.68. The van der Waals surface area contributed by atoms with Gasteiger partial charge in [-0.05, 0) is 36.1 Å². The highest BCUT2D eigenvalue weighted by atomic mass is 32.2. The first-order valence-corrected chi connectivity index (χ1v) is 8.91. The molecular formula is C17H13N3S2. The van der Waals surface area contributed by atoms with Gasteiger partial charge in [0.05, 0.1) is 10.6 Å². The van der Waals surface area contributed by atoms with Crippen molar-refractivity contribution in [1.82, 2.24) is 14.4 Å². The molecule has 4 rings (SSSR count). The first-order chi connectivity index (χ1) is 10.9. The summed E-state index contributed by atoms with van der Waals surface area (Å²) in [5.41, 5.74) is 3.57. The molecule has 0 atom stereocenters. The molecule has 1 aromatic carbocycles. The van der Waals surface area contributed by atoms with Crippen LogP contribution >= 0.6 is 23.1 Å². The number of thioether (sulfide) groups is 1. The van der Waals surface area contributed by atoms with E-state index in [9.17, 15) is 0 Å². The zero-order chi connectivity index (χ0) is 14.9. The largest absolute Gasteiger partial charge is 0.290 e. The molecule has 0 aliphatic heterocycles. The topological polar surface area (TPSA) is 30.2 Å². The quantitative estimate of drug-likeness (QED) is 0.505. The number of thiazole rings is 1. The van der Waals surface area contributed by atoms with Gasteiger partial charge < -0.3 is 0 Å². The zero-order valence-electron chi connectivity index (χ0n) is 11.9. The summed E-state index contributed by atoms with van der Waals surface area (Å²) in [6, 6.07) is 12.8. The molecular weight excluding hydrogens is 310 g/mol. The van der Waals surface area contributed by atoms with Crippen molar-refractivity contribution >= 4 is 28.1 Å². The van der Waals surface area contributed by atoms with Crippen LogP contribution in [0.2, 0.25) is 0 Å². The number of pyridine rings is 1. The first kappa shape index (κ1) is 13.5. The molecule has 0 saturated carbocycles. The van der Waals surface area contributed by atoms with Gasteiger partial charge >= 0.3 is 0 Å². The van der Waals surface area contributed by atoms with Gasteiger partial charge in [-0.2, -0.15) is 0 Å². The van der Waals surface area contributed by atoms with E-state index in [1.165, 1.54) is 26.6 Å². The number of rotatable bonds is 3. The molecule has 108 valence electrons. The Morgan fingerprint density at radius 3 is 2.45 bits per heavy atom. The molecule has 3 aromatic heterocycles. The average Bonchev–Trinajstić information content (AvgIpc) is 3.16. The van der Waals surface area contributed by atoms with Gasteiger partial charge in [-0.3, -0.25) is 9.38 Å². The monoisotopic (exact) mass is 323 g/mol. The van der Waals surface area contributed by atoms with Crippen molar-refractivity contribution in [3.63, 3.8) is 0 Å². The van der Waals surface area contributed by atoms with Crippen LogP contribution in [0.1, 0.15) is 0 Å². The molecule has 0 aliphatic rings. The van der Waals surface area contributed by atoms with Crippen LogP contribution in [0.3, 0.4) is 0 Å². The third-order valence-electron chi connectivity index (χ3n) is 3.56. The van der Waals surface area contributed by atoms with Crippen LogP contribution in [0.5, 0.6) is 0 Å². The van der Waals surface area contributed by atoms with Crippen molar-refractivity contribution in [3.8, 4) is 21.7 Å². The number of imidazole rings is 1. The van der Waals surface area contributed by atoms with Crippen molar-refractivity contribution in [2.45, 2.75) is 4.90 Å².